The van der Waals surface area contributed by atoms with Crippen molar-refractivity contribution in [3.63, 3.8) is 0 Å². The highest BCUT2D eigenvalue weighted by atomic mass is 35.5. The van der Waals surface area contributed by atoms with E-state index in [-0.39, 0.29) is 0 Å². The van der Waals surface area contributed by atoms with Gasteiger partial charge in [-0.3, -0.25) is 0 Å². The lowest BCUT2D eigenvalue weighted by molar-refractivity contribution is 1.43. The smallest absolute Gasteiger partial charge is 0.135 e. The molecule has 0 unspecified atom stereocenters. The zero-order chi connectivity index (χ0) is 14.8. The lowest BCUT2D eigenvalue weighted by Gasteiger charge is -1.98. The van der Waals surface area contributed by atoms with Crippen molar-refractivity contribution in [2.75, 3.05) is 0 Å². The quantitative estimate of drug-likeness (QED) is 0.568. The summed E-state index contributed by atoms with van der Waals surface area (Å²) in [5.41, 5.74) is 2.22. The molecule has 0 fully saturated rings. The number of para-hydroxylation sites is 1. The number of aromatic nitrogens is 1. The van der Waals surface area contributed by atoms with Gasteiger partial charge in [-0.1, -0.05) is 41.4 Å². The highest BCUT2D eigenvalue weighted by molar-refractivity contribution is 7.19. The molecule has 1 aromatic heterocycles. The summed E-state index contributed by atoms with van der Waals surface area (Å²) in [4.78, 5) is 4.49. The highest BCUT2D eigenvalue weighted by Gasteiger charge is 2.08. The van der Waals surface area contributed by atoms with Gasteiger partial charge in [0.1, 0.15) is 11.1 Å². The molecule has 2 aromatic carbocycles. The van der Waals surface area contributed by atoms with Crippen LogP contribution < -0.4 is 0 Å². The number of hydrogen-bond acceptors (Lipinski definition) is 3. The van der Waals surface area contributed by atoms with Crippen LogP contribution in [-0.2, 0) is 0 Å². The third-order valence-corrected chi connectivity index (χ3v) is 4.71. The van der Waals surface area contributed by atoms with Gasteiger partial charge in [0.15, 0.2) is 0 Å². The van der Waals surface area contributed by atoms with E-state index in [0.717, 1.165) is 15.8 Å². The van der Waals surface area contributed by atoms with Crippen LogP contribution in [0.1, 0.15) is 10.6 Å². The topological polar surface area (TPSA) is 36.7 Å². The molecule has 1 heterocycles. The minimum atomic E-state index is 0.465. The van der Waals surface area contributed by atoms with Gasteiger partial charge < -0.3 is 0 Å². The second-order valence-electron chi connectivity index (χ2n) is 4.33. The fourth-order valence-corrected chi connectivity index (χ4v) is 3.14. The highest BCUT2D eigenvalue weighted by Crippen LogP contribution is 2.29. The monoisotopic (exact) mass is 330 g/mol. The van der Waals surface area contributed by atoms with Crippen molar-refractivity contribution < 1.29 is 0 Å². The first-order valence-corrected chi connectivity index (χ1v) is 7.67. The minimum absolute atomic E-state index is 0.465. The van der Waals surface area contributed by atoms with Crippen molar-refractivity contribution in [3.05, 3.63) is 63.1 Å². The van der Waals surface area contributed by atoms with Gasteiger partial charge in [0.2, 0.25) is 0 Å². The Morgan fingerprint density at radius 3 is 2.67 bits per heavy atom. The third-order valence-electron chi connectivity index (χ3n) is 2.90. The molecule has 0 N–H and O–H groups in total. The molecule has 0 radical (unpaired) electrons. The Bertz CT molecular complexity index is 858. The van der Waals surface area contributed by atoms with E-state index in [1.165, 1.54) is 11.3 Å². The maximum absolute atomic E-state index is 9.38. The molecule has 0 amide bonds. The van der Waals surface area contributed by atoms with E-state index in [1.54, 1.807) is 18.2 Å². The van der Waals surface area contributed by atoms with E-state index in [2.05, 4.69) is 11.1 Å². The Kier molecular flexibility index (Phi) is 3.94. The van der Waals surface area contributed by atoms with Crippen LogP contribution in [0.2, 0.25) is 10.0 Å². The SMILES string of the molecule is N#C/C(=C\c1ccc(Cl)c(Cl)c1)c1nc2ccccc2s1. The summed E-state index contributed by atoms with van der Waals surface area (Å²) < 4.78 is 1.06. The molecule has 0 aliphatic rings. The molecular weight excluding hydrogens is 323 g/mol. The molecular formula is C16H8Cl2N2S. The predicted octanol–water partition coefficient (Wildman–Crippen LogP) is 5.67. The molecule has 0 bridgehead atoms. The summed E-state index contributed by atoms with van der Waals surface area (Å²) in [7, 11) is 0. The van der Waals surface area contributed by atoms with Crippen molar-refractivity contribution in [2.24, 2.45) is 0 Å². The molecule has 2 nitrogen and oxygen atoms in total. The maximum atomic E-state index is 9.38. The van der Waals surface area contributed by atoms with Gasteiger partial charge in [0, 0.05) is 0 Å². The van der Waals surface area contributed by atoms with E-state index >= 15 is 0 Å². The number of nitrogens with zero attached hydrogens (tertiary/aromatic N) is 2. The first-order valence-electron chi connectivity index (χ1n) is 6.10. The summed E-state index contributed by atoms with van der Waals surface area (Å²) in [6, 6.07) is 15.3. The number of thiazole rings is 1. The summed E-state index contributed by atoms with van der Waals surface area (Å²) in [6.45, 7) is 0. The van der Waals surface area contributed by atoms with E-state index in [4.69, 9.17) is 23.2 Å². The molecule has 0 aliphatic heterocycles. The average molecular weight is 331 g/mol. The van der Waals surface area contributed by atoms with Crippen LogP contribution in [0.3, 0.4) is 0 Å². The van der Waals surface area contributed by atoms with E-state index in [1.807, 2.05) is 30.3 Å². The van der Waals surface area contributed by atoms with Crippen LogP contribution in [0.4, 0.5) is 0 Å². The lowest BCUT2D eigenvalue weighted by Crippen LogP contribution is -1.81. The van der Waals surface area contributed by atoms with E-state index in [0.29, 0.717) is 20.6 Å². The van der Waals surface area contributed by atoms with Crippen molar-refractivity contribution in [1.82, 2.24) is 4.98 Å². The average Bonchev–Trinajstić information content (AvgIpc) is 2.92. The van der Waals surface area contributed by atoms with Crippen LogP contribution in [-0.4, -0.2) is 4.98 Å². The zero-order valence-electron chi connectivity index (χ0n) is 10.7. The summed E-state index contributed by atoms with van der Waals surface area (Å²) in [5.74, 6) is 0. The van der Waals surface area contributed by atoms with Crippen LogP contribution >= 0.6 is 34.5 Å². The number of nitriles is 1. The standard InChI is InChI=1S/C16H8Cl2N2S/c17-12-6-5-10(8-13(12)18)7-11(9-19)16-20-14-3-1-2-4-15(14)21-16/h1-8H/b11-7+. The van der Waals surface area contributed by atoms with Crippen LogP contribution in [0.15, 0.2) is 42.5 Å². The zero-order valence-corrected chi connectivity index (χ0v) is 13.0. The first-order chi connectivity index (χ1) is 10.2. The van der Waals surface area contributed by atoms with Gasteiger partial charge in [-0.05, 0) is 35.9 Å². The molecule has 0 saturated carbocycles. The molecule has 3 rings (SSSR count). The third kappa shape index (κ3) is 2.93. The Labute approximate surface area is 135 Å². The molecule has 5 heteroatoms. The van der Waals surface area contributed by atoms with Crippen LogP contribution in [0.5, 0.6) is 0 Å². The van der Waals surface area contributed by atoms with Gasteiger partial charge in [0.05, 0.1) is 25.8 Å². The summed E-state index contributed by atoms with van der Waals surface area (Å²) in [5, 5.41) is 11.0. The maximum Gasteiger partial charge on any atom is 0.135 e. The Balaban J connectivity index is 2.06. The second kappa shape index (κ2) is 5.87. The molecule has 0 aliphatic carbocycles. The van der Waals surface area contributed by atoms with Crippen molar-refractivity contribution >= 4 is 56.4 Å². The molecule has 21 heavy (non-hydrogen) atoms. The number of halogens is 2. The fraction of sp³-hybridized carbons (Fsp3) is 0. The first kappa shape index (κ1) is 14.1. The van der Waals surface area contributed by atoms with Crippen LogP contribution in [0.25, 0.3) is 21.9 Å². The number of hydrogen-bond donors (Lipinski definition) is 0. The molecule has 3 aromatic rings. The summed E-state index contributed by atoms with van der Waals surface area (Å²) in [6.07, 6.45) is 1.76. The molecule has 0 atom stereocenters. The minimum Gasteiger partial charge on any atom is -0.235 e. The number of benzene rings is 2. The second-order valence-corrected chi connectivity index (χ2v) is 6.18. The van der Waals surface area contributed by atoms with Gasteiger partial charge in [-0.25, -0.2) is 4.98 Å². The number of allylic oxidation sites excluding steroid dienone is 1. The van der Waals surface area contributed by atoms with Crippen molar-refractivity contribution in [3.8, 4) is 6.07 Å². The van der Waals surface area contributed by atoms with Crippen molar-refractivity contribution in [1.29, 1.82) is 5.26 Å². The van der Waals surface area contributed by atoms with Gasteiger partial charge in [-0.2, -0.15) is 5.26 Å². The lowest BCUT2D eigenvalue weighted by atomic mass is 10.1. The van der Waals surface area contributed by atoms with Crippen molar-refractivity contribution in [2.45, 2.75) is 0 Å². The summed E-state index contributed by atoms with van der Waals surface area (Å²) >= 11 is 13.4. The number of rotatable bonds is 2. The predicted molar refractivity (Wildman–Crippen MR) is 89.6 cm³/mol. The fourth-order valence-electron chi connectivity index (χ4n) is 1.90. The Hall–Kier alpha value is -1.86. The van der Waals surface area contributed by atoms with Gasteiger partial charge >= 0.3 is 0 Å². The molecule has 0 spiro atoms. The number of fused-ring (bicyclic) bond motifs is 1. The van der Waals surface area contributed by atoms with E-state index in [9.17, 15) is 5.26 Å². The largest absolute Gasteiger partial charge is 0.235 e. The van der Waals surface area contributed by atoms with Gasteiger partial charge in [-0.15, -0.1) is 11.3 Å². The van der Waals surface area contributed by atoms with Gasteiger partial charge in [0.25, 0.3) is 0 Å². The Morgan fingerprint density at radius 2 is 1.95 bits per heavy atom. The van der Waals surface area contributed by atoms with Crippen LogP contribution in [0, 0.1) is 11.3 Å². The molecule has 102 valence electrons. The molecule has 0 saturated heterocycles. The Morgan fingerprint density at radius 1 is 1.14 bits per heavy atom. The normalized spacial score (nSPS) is 11.6. The van der Waals surface area contributed by atoms with E-state index < -0.39 is 0 Å².